The first-order chi connectivity index (χ1) is 8.35. The fraction of sp³-hybridized carbons (Fsp3) is 0.571. The lowest BCUT2D eigenvalue weighted by atomic mass is 9.90. The zero-order chi connectivity index (χ0) is 12.1. The van der Waals surface area contributed by atoms with Crippen molar-refractivity contribution in [2.75, 3.05) is 18.1 Å². The lowest BCUT2D eigenvalue weighted by Gasteiger charge is -2.39. The maximum Gasteiger partial charge on any atom is 0.0447 e. The molecule has 1 fully saturated rings. The standard InChI is InChI=1S/C14H22N2O/c15-11-12-4-1-7-14(10-12)16(8-3-9-17)13-5-2-6-13/h1,4,7,10,13,17H,2-3,5-6,8-9,11,15H2. The van der Waals surface area contributed by atoms with Gasteiger partial charge in [0.25, 0.3) is 0 Å². The van der Waals surface area contributed by atoms with E-state index >= 15 is 0 Å². The van der Waals surface area contributed by atoms with Crippen molar-refractivity contribution in [1.29, 1.82) is 0 Å². The average molecular weight is 234 g/mol. The second-order valence-electron chi connectivity index (χ2n) is 4.73. The van der Waals surface area contributed by atoms with Crippen molar-refractivity contribution in [2.24, 2.45) is 5.73 Å². The van der Waals surface area contributed by atoms with Crippen molar-refractivity contribution in [3.05, 3.63) is 29.8 Å². The molecular weight excluding hydrogens is 212 g/mol. The molecule has 0 atom stereocenters. The fourth-order valence-corrected chi connectivity index (χ4v) is 2.32. The van der Waals surface area contributed by atoms with Crippen LogP contribution in [-0.2, 0) is 6.54 Å². The van der Waals surface area contributed by atoms with Crippen LogP contribution < -0.4 is 10.6 Å². The van der Waals surface area contributed by atoms with Crippen LogP contribution in [0.3, 0.4) is 0 Å². The van der Waals surface area contributed by atoms with Gasteiger partial charge in [-0.3, -0.25) is 0 Å². The summed E-state index contributed by atoms with van der Waals surface area (Å²) in [5.41, 5.74) is 8.12. The molecule has 0 aromatic heterocycles. The molecule has 0 unspecified atom stereocenters. The van der Waals surface area contributed by atoms with E-state index in [2.05, 4.69) is 29.2 Å². The first kappa shape index (κ1) is 12.4. The van der Waals surface area contributed by atoms with Crippen LogP contribution in [0.1, 0.15) is 31.2 Å². The van der Waals surface area contributed by atoms with Gasteiger partial charge in [-0.25, -0.2) is 0 Å². The van der Waals surface area contributed by atoms with Crippen molar-refractivity contribution in [3.63, 3.8) is 0 Å². The third kappa shape index (κ3) is 2.99. The van der Waals surface area contributed by atoms with Crippen LogP contribution in [0.2, 0.25) is 0 Å². The van der Waals surface area contributed by atoms with Crippen LogP contribution in [-0.4, -0.2) is 24.3 Å². The van der Waals surface area contributed by atoms with E-state index in [9.17, 15) is 0 Å². The molecule has 1 saturated carbocycles. The highest BCUT2D eigenvalue weighted by molar-refractivity contribution is 5.50. The average Bonchev–Trinajstić information content (AvgIpc) is 2.32. The number of benzene rings is 1. The Kier molecular flexibility index (Phi) is 4.40. The van der Waals surface area contributed by atoms with Gasteiger partial charge in [-0.2, -0.15) is 0 Å². The molecule has 1 aliphatic carbocycles. The molecule has 17 heavy (non-hydrogen) atoms. The number of hydrogen-bond donors (Lipinski definition) is 2. The summed E-state index contributed by atoms with van der Waals surface area (Å²) in [7, 11) is 0. The maximum absolute atomic E-state index is 8.99. The number of anilines is 1. The van der Waals surface area contributed by atoms with E-state index in [0.717, 1.165) is 13.0 Å². The molecule has 1 aliphatic rings. The van der Waals surface area contributed by atoms with Gasteiger partial charge in [0.1, 0.15) is 0 Å². The number of aliphatic hydroxyl groups excluding tert-OH is 1. The van der Waals surface area contributed by atoms with Gasteiger partial charge in [0, 0.05) is 31.4 Å². The van der Waals surface area contributed by atoms with Crippen LogP contribution in [0.4, 0.5) is 5.69 Å². The summed E-state index contributed by atoms with van der Waals surface area (Å²) in [4.78, 5) is 2.43. The normalized spacial score (nSPS) is 15.6. The second-order valence-corrected chi connectivity index (χ2v) is 4.73. The highest BCUT2D eigenvalue weighted by atomic mass is 16.3. The van der Waals surface area contributed by atoms with Crippen molar-refractivity contribution in [2.45, 2.75) is 38.3 Å². The van der Waals surface area contributed by atoms with Crippen LogP contribution in [0.25, 0.3) is 0 Å². The Hall–Kier alpha value is -1.06. The van der Waals surface area contributed by atoms with Crippen molar-refractivity contribution in [1.82, 2.24) is 0 Å². The largest absolute Gasteiger partial charge is 0.396 e. The van der Waals surface area contributed by atoms with Gasteiger partial charge in [-0.15, -0.1) is 0 Å². The Morgan fingerprint density at radius 2 is 2.18 bits per heavy atom. The minimum Gasteiger partial charge on any atom is -0.396 e. The van der Waals surface area contributed by atoms with E-state index in [4.69, 9.17) is 10.8 Å². The first-order valence-electron chi connectivity index (χ1n) is 6.51. The molecule has 3 heteroatoms. The van der Waals surface area contributed by atoms with E-state index in [1.54, 1.807) is 0 Å². The molecule has 0 aliphatic heterocycles. The maximum atomic E-state index is 8.99. The van der Waals surface area contributed by atoms with Gasteiger partial charge < -0.3 is 15.7 Å². The summed E-state index contributed by atoms with van der Waals surface area (Å²) in [5.74, 6) is 0. The van der Waals surface area contributed by atoms with Crippen molar-refractivity contribution >= 4 is 5.69 Å². The molecule has 1 aromatic rings. The number of rotatable bonds is 6. The van der Waals surface area contributed by atoms with Crippen molar-refractivity contribution < 1.29 is 5.11 Å². The minimum absolute atomic E-state index is 0.264. The smallest absolute Gasteiger partial charge is 0.0447 e. The third-order valence-corrected chi connectivity index (χ3v) is 3.55. The van der Waals surface area contributed by atoms with Gasteiger partial charge in [0.05, 0.1) is 0 Å². The van der Waals surface area contributed by atoms with E-state index < -0.39 is 0 Å². The first-order valence-corrected chi connectivity index (χ1v) is 6.51. The number of hydrogen-bond acceptors (Lipinski definition) is 3. The SMILES string of the molecule is NCc1cccc(N(CCCO)C2CCC2)c1. The molecule has 0 bridgehead atoms. The molecule has 0 spiro atoms. The molecular formula is C14H22N2O. The molecule has 94 valence electrons. The predicted molar refractivity (Wildman–Crippen MR) is 71.0 cm³/mol. The Bertz CT molecular complexity index is 350. The van der Waals surface area contributed by atoms with Gasteiger partial charge in [-0.1, -0.05) is 12.1 Å². The molecule has 0 radical (unpaired) electrons. The minimum atomic E-state index is 0.264. The summed E-state index contributed by atoms with van der Waals surface area (Å²) in [6.07, 6.45) is 4.72. The van der Waals surface area contributed by atoms with Gasteiger partial charge in [0.15, 0.2) is 0 Å². The lowest BCUT2D eigenvalue weighted by molar-refractivity contribution is 0.283. The Labute approximate surface area is 103 Å². The van der Waals surface area contributed by atoms with Gasteiger partial charge in [-0.05, 0) is 43.4 Å². The summed E-state index contributed by atoms with van der Waals surface area (Å²) in [6.45, 7) is 1.79. The van der Waals surface area contributed by atoms with E-state index in [1.165, 1.54) is 30.5 Å². The third-order valence-electron chi connectivity index (χ3n) is 3.55. The zero-order valence-electron chi connectivity index (χ0n) is 10.3. The van der Waals surface area contributed by atoms with Crippen LogP contribution in [0.15, 0.2) is 24.3 Å². The van der Waals surface area contributed by atoms with Gasteiger partial charge in [0.2, 0.25) is 0 Å². The highest BCUT2D eigenvalue weighted by Crippen LogP contribution is 2.30. The molecule has 0 amide bonds. The monoisotopic (exact) mass is 234 g/mol. The Balaban J connectivity index is 2.11. The summed E-state index contributed by atoms with van der Waals surface area (Å²) in [5, 5.41) is 8.99. The predicted octanol–water partition coefficient (Wildman–Crippen LogP) is 1.89. The van der Waals surface area contributed by atoms with Crippen molar-refractivity contribution in [3.8, 4) is 0 Å². The summed E-state index contributed by atoms with van der Waals surface area (Å²) in [6, 6.07) is 9.12. The molecule has 3 N–H and O–H groups in total. The van der Waals surface area contributed by atoms with E-state index in [1.807, 2.05) is 0 Å². The Morgan fingerprint density at radius 3 is 2.76 bits per heavy atom. The Morgan fingerprint density at radius 1 is 1.35 bits per heavy atom. The zero-order valence-corrected chi connectivity index (χ0v) is 10.3. The lowest BCUT2D eigenvalue weighted by Crippen LogP contribution is -2.41. The summed E-state index contributed by atoms with van der Waals surface area (Å²) < 4.78 is 0. The summed E-state index contributed by atoms with van der Waals surface area (Å²) >= 11 is 0. The van der Waals surface area contributed by atoms with Crippen LogP contribution >= 0.6 is 0 Å². The number of aliphatic hydroxyl groups is 1. The highest BCUT2D eigenvalue weighted by Gasteiger charge is 2.24. The number of nitrogens with zero attached hydrogens (tertiary/aromatic N) is 1. The van der Waals surface area contributed by atoms with Crippen LogP contribution in [0, 0.1) is 0 Å². The molecule has 3 nitrogen and oxygen atoms in total. The fourth-order valence-electron chi connectivity index (χ4n) is 2.32. The molecule has 2 rings (SSSR count). The van der Waals surface area contributed by atoms with Crippen LogP contribution in [0.5, 0.6) is 0 Å². The van der Waals surface area contributed by atoms with Gasteiger partial charge >= 0.3 is 0 Å². The topological polar surface area (TPSA) is 49.5 Å². The second kappa shape index (κ2) is 6.03. The quantitative estimate of drug-likeness (QED) is 0.790. The molecule has 0 saturated heterocycles. The molecule has 0 heterocycles. The van der Waals surface area contributed by atoms with E-state index in [-0.39, 0.29) is 6.61 Å². The number of nitrogens with two attached hydrogens (primary N) is 1. The molecule has 1 aromatic carbocycles. The van der Waals surface area contributed by atoms with E-state index in [0.29, 0.717) is 12.6 Å².